The highest BCUT2D eigenvalue weighted by Gasteiger charge is 2.13. The first-order valence-electron chi connectivity index (χ1n) is 5.10. The average molecular weight is 209 g/mol. The largest absolute Gasteiger partial charge is 0.376 e. The van der Waals surface area contributed by atoms with Crippen LogP contribution >= 0.6 is 0 Å². The van der Waals surface area contributed by atoms with Gasteiger partial charge in [0.1, 0.15) is 6.33 Å². The lowest BCUT2D eigenvalue weighted by Gasteiger charge is -2.23. The van der Waals surface area contributed by atoms with Gasteiger partial charge in [-0.05, 0) is 6.07 Å². The molecule has 15 heavy (non-hydrogen) atoms. The van der Waals surface area contributed by atoms with Gasteiger partial charge in [0, 0.05) is 19.3 Å². The van der Waals surface area contributed by atoms with Crippen LogP contribution in [0.3, 0.4) is 0 Å². The van der Waals surface area contributed by atoms with Crippen molar-refractivity contribution in [2.24, 2.45) is 0 Å². The molecule has 5 heteroatoms. The Kier molecular flexibility index (Phi) is 4.01. The predicted molar refractivity (Wildman–Crippen MR) is 54.3 cm³/mol. The molecule has 1 aliphatic heterocycles. The van der Waals surface area contributed by atoms with Crippen LogP contribution in [0.15, 0.2) is 18.6 Å². The molecule has 2 heterocycles. The lowest BCUT2D eigenvalue weighted by atomic mass is 10.3. The Morgan fingerprint density at radius 3 is 3.20 bits per heavy atom. The summed E-state index contributed by atoms with van der Waals surface area (Å²) in [6.07, 6.45) is 3.46. The van der Waals surface area contributed by atoms with E-state index in [0.717, 1.165) is 18.8 Å². The van der Waals surface area contributed by atoms with Crippen molar-refractivity contribution in [1.29, 1.82) is 0 Å². The van der Waals surface area contributed by atoms with Crippen LogP contribution in [0, 0.1) is 0 Å². The van der Waals surface area contributed by atoms with Gasteiger partial charge >= 0.3 is 0 Å². The molecule has 0 amide bonds. The summed E-state index contributed by atoms with van der Waals surface area (Å²) >= 11 is 0. The number of rotatable bonds is 4. The van der Waals surface area contributed by atoms with Crippen molar-refractivity contribution >= 4 is 0 Å². The van der Waals surface area contributed by atoms with Gasteiger partial charge in [-0.1, -0.05) is 0 Å². The van der Waals surface area contributed by atoms with E-state index in [0.29, 0.717) is 19.8 Å². The topological polar surface area (TPSA) is 56.3 Å². The van der Waals surface area contributed by atoms with Gasteiger partial charge in [-0.15, -0.1) is 0 Å². The Bertz CT molecular complexity index is 275. The second-order valence-electron chi connectivity index (χ2n) is 3.40. The standard InChI is InChI=1S/C10H15N3O2/c1-2-11-8-13-9(1)5-12-6-10-7-14-3-4-15-10/h1-2,8,10,12H,3-7H2. The van der Waals surface area contributed by atoms with E-state index in [4.69, 9.17) is 9.47 Å². The molecule has 1 saturated heterocycles. The molecule has 1 aromatic heterocycles. The molecular formula is C10H15N3O2. The molecule has 0 spiro atoms. The fraction of sp³-hybridized carbons (Fsp3) is 0.600. The quantitative estimate of drug-likeness (QED) is 0.755. The zero-order valence-corrected chi connectivity index (χ0v) is 8.56. The van der Waals surface area contributed by atoms with Crippen molar-refractivity contribution in [3.8, 4) is 0 Å². The van der Waals surface area contributed by atoms with E-state index in [1.807, 2.05) is 6.07 Å². The smallest absolute Gasteiger partial charge is 0.115 e. The maximum atomic E-state index is 5.50. The first-order valence-corrected chi connectivity index (χ1v) is 5.10. The molecule has 5 nitrogen and oxygen atoms in total. The third-order valence-electron chi connectivity index (χ3n) is 2.21. The van der Waals surface area contributed by atoms with Crippen molar-refractivity contribution in [3.05, 3.63) is 24.3 Å². The first-order chi connectivity index (χ1) is 7.45. The van der Waals surface area contributed by atoms with Crippen molar-refractivity contribution in [3.63, 3.8) is 0 Å². The molecular weight excluding hydrogens is 194 g/mol. The highest BCUT2D eigenvalue weighted by molar-refractivity contribution is 4.96. The average Bonchev–Trinajstić information content (AvgIpc) is 2.32. The van der Waals surface area contributed by atoms with Crippen LogP contribution in [-0.4, -0.2) is 42.4 Å². The summed E-state index contributed by atoms with van der Waals surface area (Å²) < 4.78 is 10.8. The number of aromatic nitrogens is 2. The van der Waals surface area contributed by atoms with Crippen LogP contribution in [0.4, 0.5) is 0 Å². The number of hydrogen-bond donors (Lipinski definition) is 1. The Labute approximate surface area is 88.8 Å². The van der Waals surface area contributed by atoms with Crippen LogP contribution in [0.25, 0.3) is 0 Å². The minimum atomic E-state index is 0.167. The maximum absolute atomic E-state index is 5.50. The fourth-order valence-corrected chi connectivity index (χ4v) is 1.44. The molecule has 1 fully saturated rings. The molecule has 0 radical (unpaired) electrons. The second kappa shape index (κ2) is 5.75. The summed E-state index contributed by atoms with van der Waals surface area (Å²) in [7, 11) is 0. The summed E-state index contributed by atoms with van der Waals surface area (Å²) in [5.41, 5.74) is 0.988. The van der Waals surface area contributed by atoms with E-state index in [-0.39, 0.29) is 6.10 Å². The lowest BCUT2D eigenvalue weighted by molar-refractivity contribution is -0.0864. The lowest BCUT2D eigenvalue weighted by Crippen LogP contribution is -2.37. The molecule has 2 rings (SSSR count). The number of nitrogens with zero attached hydrogens (tertiary/aromatic N) is 2. The first kappa shape index (κ1) is 10.5. The van der Waals surface area contributed by atoms with Crippen molar-refractivity contribution in [2.75, 3.05) is 26.4 Å². The molecule has 1 aromatic rings. The maximum Gasteiger partial charge on any atom is 0.115 e. The van der Waals surface area contributed by atoms with Gasteiger partial charge in [0.2, 0.25) is 0 Å². The van der Waals surface area contributed by atoms with Crippen LogP contribution < -0.4 is 5.32 Å². The van der Waals surface area contributed by atoms with Crippen molar-refractivity contribution in [2.45, 2.75) is 12.6 Å². The van der Waals surface area contributed by atoms with E-state index in [1.54, 1.807) is 12.5 Å². The molecule has 0 bridgehead atoms. The third kappa shape index (κ3) is 3.54. The van der Waals surface area contributed by atoms with Gasteiger partial charge in [-0.2, -0.15) is 0 Å². The monoisotopic (exact) mass is 209 g/mol. The van der Waals surface area contributed by atoms with Crippen LogP contribution in [0.1, 0.15) is 5.69 Å². The Morgan fingerprint density at radius 2 is 2.47 bits per heavy atom. The van der Waals surface area contributed by atoms with Gasteiger partial charge in [-0.25, -0.2) is 9.97 Å². The highest BCUT2D eigenvalue weighted by Crippen LogP contribution is 1.99. The second-order valence-corrected chi connectivity index (χ2v) is 3.40. The van der Waals surface area contributed by atoms with Crippen LogP contribution in [-0.2, 0) is 16.0 Å². The predicted octanol–water partition coefficient (Wildman–Crippen LogP) is -0.0184. The van der Waals surface area contributed by atoms with E-state index in [9.17, 15) is 0 Å². The van der Waals surface area contributed by atoms with Crippen LogP contribution in [0.2, 0.25) is 0 Å². The van der Waals surface area contributed by atoms with E-state index in [1.165, 1.54) is 0 Å². The zero-order valence-electron chi connectivity index (χ0n) is 8.56. The van der Waals surface area contributed by atoms with E-state index < -0.39 is 0 Å². The van der Waals surface area contributed by atoms with Crippen molar-refractivity contribution in [1.82, 2.24) is 15.3 Å². The summed E-state index contributed by atoms with van der Waals surface area (Å²) in [5, 5.41) is 3.28. The van der Waals surface area contributed by atoms with Crippen LogP contribution in [0.5, 0.6) is 0 Å². The number of hydrogen-bond acceptors (Lipinski definition) is 5. The van der Waals surface area contributed by atoms with E-state index in [2.05, 4.69) is 15.3 Å². The van der Waals surface area contributed by atoms with E-state index >= 15 is 0 Å². The van der Waals surface area contributed by atoms with Crippen molar-refractivity contribution < 1.29 is 9.47 Å². The molecule has 0 aliphatic carbocycles. The molecule has 1 unspecified atom stereocenters. The van der Waals surface area contributed by atoms with Gasteiger partial charge in [0.15, 0.2) is 0 Å². The zero-order chi connectivity index (χ0) is 10.3. The summed E-state index contributed by atoms with van der Waals surface area (Å²) in [4.78, 5) is 7.98. The Hall–Kier alpha value is -1.04. The number of nitrogens with one attached hydrogen (secondary N) is 1. The summed E-state index contributed by atoms with van der Waals surface area (Å²) in [6, 6.07) is 1.89. The normalized spacial score (nSPS) is 21.5. The summed E-state index contributed by atoms with van der Waals surface area (Å²) in [6.45, 7) is 3.62. The molecule has 1 N–H and O–H groups in total. The Morgan fingerprint density at radius 1 is 1.47 bits per heavy atom. The van der Waals surface area contributed by atoms with Gasteiger partial charge < -0.3 is 14.8 Å². The summed E-state index contributed by atoms with van der Waals surface area (Å²) in [5.74, 6) is 0. The SMILES string of the molecule is c1cc(CNCC2COCCO2)ncn1. The van der Waals surface area contributed by atoms with Gasteiger partial charge in [0.05, 0.1) is 31.6 Å². The fourth-order valence-electron chi connectivity index (χ4n) is 1.44. The third-order valence-corrected chi connectivity index (χ3v) is 2.21. The highest BCUT2D eigenvalue weighted by atomic mass is 16.6. The molecule has 82 valence electrons. The van der Waals surface area contributed by atoms with Gasteiger partial charge in [-0.3, -0.25) is 0 Å². The van der Waals surface area contributed by atoms with Gasteiger partial charge in [0.25, 0.3) is 0 Å². The minimum absolute atomic E-state index is 0.167. The molecule has 1 aliphatic rings. The number of ether oxygens (including phenoxy) is 2. The molecule has 0 aromatic carbocycles. The minimum Gasteiger partial charge on any atom is -0.376 e. The Balaban J connectivity index is 1.66. The molecule has 1 atom stereocenters. The molecule has 0 saturated carbocycles.